The fraction of sp³-hybridized carbons (Fsp3) is 0.375. The molecule has 0 amide bonds. The molecule has 3 rings (SSSR count). The maximum Gasteiger partial charge on any atom is 0.196 e. The molecule has 0 radical (unpaired) electrons. The third-order valence-corrected chi connectivity index (χ3v) is 5.58. The number of fused-ring (bicyclic) bond motifs is 1. The monoisotopic (exact) mass is 353 g/mol. The van der Waals surface area contributed by atoms with Gasteiger partial charge in [0.15, 0.2) is 5.43 Å². The molecule has 0 atom stereocenters. The van der Waals surface area contributed by atoms with Crippen molar-refractivity contribution in [1.29, 1.82) is 0 Å². The lowest BCUT2D eigenvalue weighted by Gasteiger charge is -2.28. The first-order valence-electron chi connectivity index (χ1n) is 7.27. The van der Waals surface area contributed by atoms with Crippen LogP contribution >= 0.6 is 35.6 Å². The first-order valence-corrected chi connectivity index (χ1v) is 9.04. The van der Waals surface area contributed by atoms with Crippen LogP contribution in [0.25, 0.3) is 11.0 Å². The van der Waals surface area contributed by atoms with E-state index in [4.69, 9.17) is 28.2 Å². The topological polar surface area (TPSA) is 33.5 Å². The van der Waals surface area contributed by atoms with Crippen LogP contribution in [0.1, 0.15) is 24.8 Å². The van der Waals surface area contributed by atoms with Crippen LogP contribution in [-0.2, 0) is 5.75 Å². The number of hydrogen-bond acceptors (Lipinski definition) is 4. The number of benzene rings is 1. The first-order chi connectivity index (χ1) is 10.6. The molecule has 116 valence electrons. The quantitative estimate of drug-likeness (QED) is 0.745. The van der Waals surface area contributed by atoms with Gasteiger partial charge in [0.25, 0.3) is 0 Å². The number of halogens is 1. The van der Waals surface area contributed by atoms with Crippen LogP contribution in [0.2, 0.25) is 5.02 Å². The van der Waals surface area contributed by atoms with E-state index in [0.29, 0.717) is 27.3 Å². The van der Waals surface area contributed by atoms with Gasteiger partial charge in [-0.05, 0) is 31.4 Å². The minimum absolute atomic E-state index is 0.00754. The summed E-state index contributed by atoms with van der Waals surface area (Å²) in [6.45, 7) is 2.05. The summed E-state index contributed by atoms with van der Waals surface area (Å²) in [5.41, 5.74) is 1.15. The highest BCUT2D eigenvalue weighted by molar-refractivity contribution is 8.22. The lowest BCUT2D eigenvalue weighted by atomic mass is 10.1. The van der Waals surface area contributed by atoms with Crippen LogP contribution in [0, 0.1) is 0 Å². The van der Waals surface area contributed by atoms with Gasteiger partial charge in [-0.1, -0.05) is 35.6 Å². The van der Waals surface area contributed by atoms with Crippen molar-refractivity contribution < 1.29 is 4.42 Å². The van der Waals surface area contributed by atoms with Gasteiger partial charge in [0.2, 0.25) is 0 Å². The Morgan fingerprint density at radius 1 is 1.32 bits per heavy atom. The Balaban J connectivity index is 1.74. The summed E-state index contributed by atoms with van der Waals surface area (Å²) < 4.78 is 6.40. The van der Waals surface area contributed by atoms with Crippen LogP contribution < -0.4 is 5.43 Å². The lowest BCUT2D eigenvalue weighted by molar-refractivity contribution is 0.352. The molecular formula is C16H16ClNO2S2. The molecule has 1 aromatic carbocycles. The Morgan fingerprint density at radius 2 is 2.09 bits per heavy atom. The second-order valence-corrected chi connectivity index (χ2v) is 7.38. The molecule has 3 nitrogen and oxygen atoms in total. The summed E-state index contributed by atoms with van der Waals surface area (Å²) in [5.74, 6) is 0.538. The van der Waals surface area contributed by atoms with Crippen molar-refractivity contribution in [2.75, 3.05) is 13.1 Å². The molecule has 1 fully saturated rings. The number of thioether (sulfide) groups is 1. The van der Waals surface area contributed by atoms with Crippen molar-refractivity contribution >= 4 is 50.9 Å². The summed E-state index contributed by atoms with van der Waals surface area (Å²) in [7, 11) is 0. The van der Waals surface area contributed by atoms with Gasteiger partial charge in [0.05, 0.1) is 11.6 Å². The Labute approximate surface area is 143 Å². The van der Waals surface area contributed by atoms with Gasteiger partial charge in [0.1, 0.15) is 9.90 Å². The van der Waals surface area contributed by atoms with Crippen LogP contribution in [0.5, 0.6) is 0 Å². The average molecular weight is 354 g/mol. The predicted octanol–water partition coefficient (Wildman–Crippen LogP) is 4.45. The standard InChI is InChI=1S/C16H16ClNO2S2/c17-12-4-5-13-14(8-12)20-9-11(15(13)19)10-22-16(21)18-6-2-1-3-7-18/h4-5,8-9H,1-3,6-7,10H2. The van der Waals surface area contributed by atoms with E-state index in [1.54, 1.807) is 18.2 Å². The van der Waals surface area contributed by atoms with Crippen molar-refractivity contribution in [2.24, 2.45) is 0 Å². The van der Waals surface area contributed by atoms with Crippen molar-refractivity contribution in [1.82, 2.24) is 4.90 Å². The molecule has 0 bridgehead atoms. The highest BCUT2D eigenvalue weighted by atomic mass is 35.5. The van der Waals surface area contributed by atoms with Crippen molar-refractivity contribution in [2.45, 2.75) is 25.0 Å². The summed E-state index contributed by atoms with van der Waals surface area (Å²) in [5, 5.41) is 1.12. The largest absolute Gasteiger partial charge is 0.464 e. The zero-order chi connectivity index (χ0) is 15.5. The van der Waals surface area contributed by atoms with Crippen molar-refractivity contribution in [3.63, 3.8) is 0 Å². The van der Waals surface area contributed by atoms with Gasteiger partial charge in [-0.25, -0.2) is 0 Å². The third kappa shape index (κ3) is 3.47. The number of likely N-dealkylation sites (tertiary alicyclic amines) is 1. The van der Waals surface area contributed by atoms with E-state index in [2.05, 4.69) is 4.90 Å². The Bertz CT molecular complexity index is 753. The van der Waals surface area contributed by atoms with Crippen LogP contribution in [0.4, 0.5) is 0 Å². The number of nitrogens with zero attached hydrogens (tertiary/aromatic N) is 1. The van der Waals surface area contributed by atoms with Gasteiger partial charge in [-0.15, -0.1) is 0 Å². The molecule has 0 saturated carbocycles. The highest BCUT2D eigenvalue weighted by Gasteiger charge is 2.15. The fourth-order valence-electron chi connectivity index (χ4n) is 2.55. The molecule has 0 unspecified atom stereocenters. The summed E-state index contributed by atoms with van der Waals surface area (Å²) >= 11 is 12.9. The molecule has 2 aromatic rings. The number of rotatable bonds is 2. The van der Waals surface area contributed by atoms with Crippen molar-refractivity contribution in [3.8, 4) is 0 Å². The second-order valence-electron chi connectivity index (χ2n) is 5.33. The second kappa shape index (κ2) is 7.02. The normalized spacial score (nSPS) is 15.2. The van der Waals surface area contributed by atoms with E-state index in [1.165, 1.54) is 37.3 Å². The van der Waals surface area contributed by atoms with E-state index < -0.39 is 0 Å². The summed E-state index contributed by atoms with van der Waals surface area (Å²) in [4.78, 5) is 14.7. The van der Waals surface area contributed by atoms with Crippen LogP contribution in [-0.4, -0.2) is 22.3 Å². The van der Waals surface area contributed by atoms with E-state index in [-0.39, 0.29) is 5.43 Å². The molecular weight excluding hydrogens is 338 g/mol. The molecule has 6 heteroatoms. The zero-order valence-electron chi connectivity index (χ0n) is 12.0. The third-order valence-electron chi connectivity index (χ3n) is 3.77. The van der Waals surface area contributed by atoms with Crippen molar-refractivity contribution in [3.05, 3.63) is 45.3 Å². The van der Waals surface area contributed by atoms with E-state index in [0.717, 1.165) is 17.4 Å². The minimum atomic E-state index is -0.00754. The minimum Gasteiger partial charge on any atom is -0.464 e. The molecule has 1 aromatic heterocycles. The molecule has 22 heavy (non-hydrogen) atoms. The van der Waals surface area contributed by atoms with E-state index in [9.17, 15) is 4.79 Å². The molecule has 1 saturated heterocycles. The Kier molecular flexibility index (Phi) is 5.06. The summed E-state index contributed by atoms with van der Waals surface area (Å²) in [6, 6.07) is 5.07. The van der Waals surface area contributed by atoms with Gasteiger partial charge >= 0.3 is 0 Å². The fourth-order valence-corrected chi connectivity index (χ4v) is 3.91. The highest BCUT2D eigenvalue weighted by Crippen LogP contribution is 2.21. The number of hydrogen-bond donors (Lipinski definition) is 0. The molecule has 1 aliphatic heterocycles. The van der Waals surface area contributed by atoms with E-state index >= 15 is 0 Å². The lowest BCUT2D eigenvalue weighted by Crippen LogP contribution is -2.32. The number of piperidine rings is 1. The predicted molar refractivity (Wildman–Crippen MR) is 96.8 cm³/mol. The summed E-state index contributed by atoms with van der Waals surface area (Å²) in [6.07, 6.45) is 5.19. The molecule has 2 heterocycles. The van der Waals surface area contributed by atoms with Gasteiger partial charge in [-0.3, -0.25) is 4.79 Å². The van der Waals surface area contributed by atoms with Gasteiger partial charge < -0.3 is 9.32 Å². The van der Waals surface area contributed by atoms with Crippen LogP contribution in [0.3, 0.4) is 0 Å². The smallest absolute Gasteiger partial charge is 0.196 e. The molecule has 0 aliphatic carbocycles. The van der Waals surface area contributed by atoms with Crippen LogP contribution in [0.15, 0.2) is 33.7 Å². The molecule has 1 aliphatic rings. The van der Waals surface area contributed by atoms with Gasteiger partial charge in [-0.2, -0.15) is 0 Å². The van der Waals surface area contributed by atoms with Gasteiger partial charge in [0, 0.05) is 35.5 Å². The average Bonchev–Trinajstić information content (AvgIpc) is 2.54. The SMILES string of the molecule is O=c1c(CSC(=S)N2CCCCC2)coc2cc(Cl)ccc12. The Morgan fingerprint density at radius 3 is 2.86 bits per heavy atom. The maximum atomic E-state index is 12.5. The number of thiocarbonyl (C=S) groups is 1. The first kappa shape index (κ1) is 15.8. The molecule has 0 N–H and O–H groups in total. The maximum absolute atomic E-state index is 12.5. The molecule has 0 spiro atoms. The zero-order valence-corrected chi connectivity index (χ0v) is 14.4. The van der Waals surface area contributed by atoms with E-state index in [1.807, 2.05) is 0 Å². The Hall–Kier alpha value is -1.04.